The number of rotatable bonds is 4. The molecule has 1 aromatic carbocycles. The Bertz CT molecular complexity index is 897. The lowest BCUT2D eigenvalue weighted by Crippen LogP contribution is -2.43. The van der Waals surface area contributed by atoms with Gasteiger partial charge in [-0.2, -0.15) is 0 Å². The number of carbonyl (C=O) groups excluding carboxylic acids is 1. The zero-order valence-electron chi connectivity index (χ0n) is 13.7. The minimum absolute atomic E-state index is 0.0699. The smallest absolute Gasteiger partial charge is 0.245 e. The van der Waals surface area contributed by atoms with Crippen molar-refractivity contribution in [2.75, 3.05) is 20.3 Å². The first-order chi connectivity index (χ1) is 11.7. The Labute approximate surface area is 139 Å². The fraction of sp³-hybridized carbons (Fsp3) is 0.353. The minimum Gasteiger partial charge on any atom is -0.383 e. The molecule has 3 aromatic rings. The maximum absolute atomic E-state index is 12.7. The predicted octanol–water partition coefficient (Wildman–Crippen LogP) is 1.98. The molecule has 124 valence electrons. The zero-order chi connectivity index (χ0) is 16.7. The number of nitrogens with one attached hydrogen (secondary N) is 1. The van der Waals surface area contributed by atoms with Crippen molar-refractivity contribution in [2.45, 2.75) is 19.5 Å². The van der Waals surface area contributed by atoms with E-state index in [9.17, 15) is 4.79 Å². The Morgan fingerprint density at radius 3 is 3.00 bits per heavy atom. The first-order valence-corrected chi connectivity index (χ1v) is 7.98. The van der Waals surface area contributed by atoms with Crippen LogP contribution in [0.1, 0.15) is 18.8 Å². The van der Waals surface area contributed by atoms with Crippen LogP contribution in [0.5, 0.6) is 0 Å². The van der Waals surface area contributed by atoms with Crippen molar-refractivity contribution in [1.29, 1.82) is 0 Å². The molecule has 0 radical (unpaired) electrons. The summed E-state index contributed by atoms with van der Waals surface area (Å²) in [5.41, 5.74) is 2.01. The number of aromatic nitrogens is 4. The molecule has 1 atom stereocenters. The minimum atomic E-state index is -0.329. The van der Waals surface area contributed by atoms with Crippen molar-refractivity contribution in [3.05, 3.63) is 36.3 Å². The Balaban J connectivity index is 1.77. The fourth-order valence-corrected chi connectivity index (χ4v) is 3.29. The molecule has 0 unspecified atom stereocenters. The second-order valence-corrected chi connectivity index (χ2v) is 5.99. The number of hydrogen-bond acceptors (Lipinski definition) is 4. The topological polar surface area (TPSA) is 76.0 Å². The van der Waals surface area contributed by atoms with Crippen LogP contribution in [0.2, 0.25) is 0 Å². The number of nitrogens with zero attached hydrogens (tertiary/aromatic N) is 4. The van der Waals surface area contributed by atoms with E-state index >= 15 is 0 Å². The lowest BCUT2D eigenvalue weighted by molar-refractivity contribution is -0.137. The van der Waals surface area contributed by atoms with Gasteiger partial charge in [-0.25, -0.2) is 0 Å². The van der Waals surface area contributed by atoms with Crippen molar-refractivity contribution in [3.63, 3.8) is 0 Å². The van der Waals surface area contributed by atoms with Crippen molar-refractivity contribution in [2.24, 2.45) is 0 Å². The summed E-state index contributed by atoms with van der Waals surface area (Å²) in [6, 6.07) is 7.72. The highest BCUT2D eigenvalue weighted by Gasteiger charge is 2.33. The van der Waals surface area contributed by atoms with Gasteiger partial charge < -0.3 is 14.6 Å². The van der Waals surface area contributed by atoms with Crippen LogP contribution >= 0.6 is 0 Å². The number of fused-ring (bicyclic) bond motifs is 2. The molecular weight excluding hydrogens is 306 g/mol. The lowest BCUT2D eigenvalue weighted by atomic mass is 10.1. The molecule has 1 N–H and O–H groups in total. The van der Waals surface area contributed by atoms with E-state index in [0.717, 1.165) is 28.1 Å². The maximum atomic E-state index is 12.7. The van der Waals surface area contributed by atoms with Crippen LogP contribution in [0.4, 0.5) is 0 Å². The number of ether oxygens (including phenoxy) is 1. The Kier molecular flexibility index (Phi) is 3.57. The van der Waals surface area contributed by atoms with E-state index in [0.29, 0.717) is 19.7 Å². The third-order valence-corrected chi connectivity index (χ3v) is 4.55. The van der Waals surface area contributed by atoms with Gasteiger partial charge >= 0.3 is 0 Å². The molecule has 0 bridgehead atoms. The van der Waals surface area contributed by atoms with Crippen LogP contribution in [0.25, 0.3) is 22.3 Å². The number of para-hydroxylation sites is 1. The summed E-state index contributed by atoms with van der Waals surface area (Å²) in [7, 11) is 1.63. The number of H-pyrrole nitrogens is 1. The lowest BCUT2D eigenvalue weighted by Gasteiger charge is -2.31. The zero-order valence-corrected chi connectivity index (χ0v) is 13.7. The molecule has 0 saturated carbocycles. The number of carbonyl (C=O) groups is 1. The van der Waals surface area contributed by atoms with Crippen molar-refractivity contribution < 1.29 is 9.53 Å². The van der Waals surface area contributed by atoms with E-state index in [4.69, 9.17) is 4.74 Å². The van der Waals surface area contributed by atoms with Crippen LogP contribution in [0, 0.1) is 0 Å². The highest BCUT2D eigenvalue weighted by molar-refractivity contribution is 5.94. The van der Waals surface area contributed by atoms with E-state index in [1.54, 1.807) is 12.0 Å². The molecule has 1 aliphatic rings. The second-order valence-electron chi connectivity index (χ2n) is 5.99. The number of methoxy groups -OCH3 is 1. The average Bonchev–Trinajstić information content (AvgIpc) is 3.20. The Morgan fingerprint density at radius 1 is 1.33 bits per heavy atom. The molecule has 7 nitrogen and oxygen atoms in total. The van der Waals surface area contributed by atoms with Gasteiger partial charge in [-0.1, -0.05) is 18.2 Å². The first-order valence-electron chi connectivity index (χ1n) is 7.98. The van der Waals surface area contributed by atoms with Gasteiger partial charge in [0.2, 0.25) is 5.91 Å². The Hall–Kier alpha value is -2.67. The van der Waals surface area contributed by atoms with Crippen molar-refractivity contribution in [3.8, 4) is 11.4 Å². The predicted molar refractivity (Wildman–Crippen MR) is 89.3 cm³/mol. The third kappa shape index (κ3) is 2.20. The Morgan fingerprint density at radius 2 is 2.17 bits per heavy atom. The summed E-state index contributed by atoms with van der Waals surface area (Å²) >= 11 is 0. The van der Waals surface area contributed by atoms with E-state index in [-0.39, 0.29) is 11.9 Å². The second kappa shape index (κ2) is 5.76. The van der Waals surface area contributed by atoms with Gasteiger partial charge in [-0.3, -0.25) is 9.36 Å². The van der Waals surface area contributed by atoms with Gasteiger partial charge in [0.15, 0.2) is 11.6 Å². The summed E-state index contributed by atoms with van der Waals surface area (Å²) < 4.78 is 7.03. The number of amides is 1. The maximum Gasteiger partial charge on any atom is 0.245 e. The number of benzene rings is 1. The van der Waals surface area contributed by atoms with Gasteiger partial charge in [0.05, 0.1) is 13.2 Å². The van der Waals surface area contributed by atoms with Gasteiger partial charge in [-0.15, -0.1) is 10.2 Å². The molecule has 1 amide bonds. The van der Waals surface area contributed by atoms with Crippen LogP contribution in [-0.2, 0) is 16.1 Å². The fourth-order valence-electron chi connectivity index (χ4n) is 3.29. The summed E-state index contributed by atoms with van der Waals surface area (Å²) in [4.78, 5) is 17.7. The van der Waals surface area contributed by atoms with Crippen molar-refractivity contribution in [1.82, 2.24) is 24.6 Å². The molecule has 0 saturated heterocycles. The number of aromatic amines is 1. The van der Waals surface area contributed by atoms with E-state index in [1.807, 2.05) is 42.0 Å². The molecule has 24 heavy (non-hydrogen) atoms. The molecule has 2 aromatic heterocycles. The summed E-state index contributed by atoms with van der Waals surface area (Å²) in [5.74, 6) is 1.61. The standard InChI is InChI=1S/C17H19N5O2/c1-11-17(23)21(7-8-24-2)10-15-19-20-16(22(11)15)13-9-18-14-6-4-3-5-12(13)14/h3-6,9,11,18H,7-8,10H2,1-2H3/t11-/m0/s1. The molecule has 3 heterocycles. The van der Waals surface area contributed by atoms with E-state index < -0.39 is 0 Å². The highest BCUT2D eigenvalue weighted by atomic mass is 16.5. The van der Waals surface area contributed by atoms with E-state index in [1.165, 1.54) is 0 Å². The molecular formula is C17H19N5O2. The average molecular weight is 325 g/mol. The highest BCUT2D eigenvalue weighted by Crippen LogP contribution is 2.32. The largest absolute Gasteiger partial charge is 0.383 e. The monoisotopic (exact) mass is 325 g/mol. The molecule has 1 aliphatic heterocycles. The van der Waals surface area contributed by atoms with Gasteiger partial charge in [0, 0.05) is 36.3 Å². The van der Waals surface area contributed by atoms with Crippen LogP contribution in [0.15, 0.2) is 30.5 Å². The van der Waals surface area contributed by atoms with Gasteiger partial charge in [-0.05, 0) is 13.0 Å². The molecule has 4 rings (SSSR count). The van der Waals surface area contributed by atoms with Gasteiger partial charge in [0.1, 0.15) is 6.04 Å². The van der Waals surface area contributed by atoms with E-state index in [2.05, 4.69) is 15.2 Å². The normalized spacial score (nSPS) is 17.5. The molecule has 0 fully saturated rings. The third-order valence-electron chi connectivity index (χ3n) is 4.55. The van der Waals surface area contributed by atoms with Crippen LogP contribution in [-0.4, -0.2) is 50.8 Å². The number of hydrogen-bond donors (Lipinski definition) is 1. The van der Waals surface area contributed by atoms with Crippen LogP contribution < -0.4 is 0 Å². The summed E-state index contributed by atoms with van der Waals surface area (Å²) in [5, 5.41) is 9.78. The first kappa shape index (κ1) is 14.9. The summed E-state index contributed by atoms with van der Waals surface area (Å²) in [6.07, 6.45) is 1.93. The molecule has 0 spiro atoms. The van der Waals surface area contributed by atoms with Crippen molar-refractivity contribution >= 4 is 16.8 Å². The molecule has 0 aliphatic carbocycles. The van der Waals surface area contributed by atoms with Gasteiger partial charge in [0.25, 0.3) is 0 Å². The summed E-state index contributed by atoms with van der Waals surface area (Å²) in [6.45, 7) is 3.44. The quantitative estimate of drug-likeness (QED) is 0.796. The SMILES string of the molecule is COCCN1Cc2nnc(-c3c[nH]c4ccccc34)n2[C@@H](C)C1=O. The molecule has 7 heteroatoms. The van der Waals surface area contributed by atoms with Crippen LogP contribution in [0.3, 0.4) is 0 Å².